The molecule has 2 aliphatic heterocycles. The average Bonchev–Trinajstić information content (AvgIpc) is 3.35. The summed E-state index contributed by atoms with van der Waals surface area (Å²) in [6.07, 6.45) is 14.1. The summed E-state index contributed by atoms with van der Waals surface area (Å²) in [5.41, 5.74) is 1.52. The molecule has 2 saturated heterocycles. The first kappa shape index (κ1) is 21.6. The topological polar surface area (TPSA) is 35.5 Å². The molecule has 1 spiro atoms. The Bertz CT molecular complexity index is 769. The molecule has 5 heteroatoms. The number of ketones is 1. The highest BCUT2D eigenvalue weighted by Crippen LogP contribution is 2.65. The van der Waals surface area contributed by atoms with E-state index in [2.05, 4.69) is 43.4 Å². The molecule has 0 aromatic carbocycles. The first-order chi connectivity index (χ1) is 14.9. The number of Topliss-reactive ketones (excluding diaryl/α,β-unsaturated/α-hetero) is 1. The Kier molecular flexibility index (Phi) is 5.41. The quantitative estimate of drug-likeness (QED) is 0.456. The van der Waals surface area contributed by atoms with Gasteiger partial charge in [0.1, 0.15) is 9.86 Å². The van der Waals surface area contributed by atoms with Crippen LogP contribution in [0.25, 0.3) is 0 Å². The Hall–Kier alpha value is 0.0300. The van der Waals surface area contributed by atoms with Gasteiger partial charge in [-0.2, -0.15) is 0 Å². The Balaban J connectivity index is 1.31. The van der Waals surface area contributed by atoms with Crippen molar-refractivity contribution in [2.24, 2.45) is 29.1 Å². The van der Waals surface area contributed by atoms with Crippen LogP contribution in [0.1, 0.15) is 78.1 Å². The second kappa shape index (κ2) is 7.78. The molecule has 0 amide bonds. The zero-order chi connectivity index (χ0) is 21.3. The van der Waals surface area contributed by atoms with E-state index >= 15 is 0 Å². The first-order valence-electron chi connectivity index (χ1n) is 12.8. The Labute approximate surface area is 196 Å². The monoisotopic (exact) mass is 462 g/mol. The van der Waals surface area contributed by atoms with Crippen molar-refractivity contribution in [3.63, 3.8) is 0 Å². The molecule has 3 saturated carbocycles. The Morgan fingerprint density at radius 1 is 1.03 bits per heavy atom. The van der Waals surface area contributed by atoms with Crippen molar-refractivity contribution in [2.75, 3.05) is 18.1 Å². The van der Waals surface area contributed by atoms with Gasteiger partial charge < -0.3 is 9.47 Å². The maximum atomic E-state index is 12.7. The van der Waals surface area contributed by atoms with Gasteiger partial charge in [-0.15, -0.1) is 23.5 Å². The maximum Gasteiger partial charge on any atom is 0.158 e. The normalized spacial score (nSPS) is 48.8. The van der Waals surface area contributed by atoms with Gasteiger partial charge in [0, 0.05) is 29.9 Å². The van der Waals surface area contributed by atoms with Gasteiger partial charge in [0.05, 0.1) is 5.60 Å². The van der Waals surface area contributed by atoms with Crippen LogP contribution >= 0.6 is 23.5 Å². The van der Waals surface area contributed by atoms with Crippen molar-refractivity contribution in [1.82, 2.24) is 0 Å². The second-order valence-corrected chi connectivity index (χ2v) is 14.4. The van der Waals surface area contributed by atoms with E-state index in [-0.39, 0.29) is 21.4 Å². The van der Waals surface area contributed by atoms with Crippen LogP contribution in [-0.4, -0.2) is 39.9 Å². The zero-order valence-corrected chi connectivity index (χ0v) is 20.8. The van der Waals surface area contributed by atoms with Crippen LogP contribution in [0.2, 0.25) is 0 Å². The molecule has 0 radical (unpaired) electrons. The smallest absolute Gasteiger partial charge is 0.158 e. The Morgan fingerprint density at radius 3 is 2.65 bits per heavy atom. The lowest BCUT2D eigenvalue weighted by Gasteiger charge is -2.57. The number of carbonyl (C=O) groups is 1. The Morgan fingerprint density at radius 2 is 1.87 bits per heavy atom. The molecule has 3 nitrogen and oxygen atoms in total. The summed E-state index contributed by atoms with van der Waals surface area (Å²) in [4.78, 5) is 12.7. The third-order valence-corrected chi connectivity index (χ3v) is 13.7. The summed E-state index contributed by atoms with van der Waals surface area (Å²) >= 11 is 4.25. The molecule has 0 N–H and O–H groups in total. The van der Waals surface area contributed by atoms with Crippen molar-refractivity contribution in [3.8, 4) is 0 Å². The van der Waals surface area contributed by atoms with E-state index < -0.39 is 0 Å². The highest BCUT2D eigenvalue weighted by Gasteiger charge is 2.61. The van der Waals surface area contributed by atoms with E-state index in [0.29, 0.717) is 17.6 Å². The number of fused-ring (bicyclic) bond motifs is 5. The van der Waals surface area contributed by atoms with Crippen LogP contribution in [0.4, 0.5) is 0 Å². The molecule has 2 unspecified atom stereocenters. The largest absolute Gasteiger partial charge is 0.353 e. The van der Waals surface area contributed by atoms with E-state index in [1.807, 2.05) is 0 Å². The molecule has 2 heterocycles. The van der Waals surface area contributed by atoms with Crippen molar-refractivity contribution >= 4 is 29.3 Å². The van der Waals surface area contributed by atoms with E-state index in [9.17, 15) is 4.79 Å². The third-order valence-electron chi connectivity index (χ3n) is 9.93. The second-order valence-electron chi connectivity index (χ2n) is 11.4. The zero-order valence-electron chi connectivity index (χ0n) is 19.2. The summed E-state index contributed by atoms with van der Waals surface area (Å²) in [6.45, 7) is 5.54. The van der Waals surface area contributed by atoms with Crippen LogP contribution in [0.5, 0.6) is 0 Å². The number of hydrogen-bond acceptors (Lipinski definition) is 5. The van der Waals surface area contributed by atoms with Crippen molar-refractivity contribution < 1.29 is 14.3 Å². The molecule has 7 atom stereocenters. The molecular formula is C26H38O3S2. The lowest BCUT2D eigenvalue weighted by atomic mass is 9.51. The van der Waals surface area contributed by atoms with Gasteiger partial charge in [0.15, 0.2) is 6.29 Å². The third kappa shape index (κ3) is 3.26. The SMILES string of the molecule is CC1(OC2CCCCO2)C[C@H]2C(=CC13SCCS3)CC[C@@H]1[C@@H]2CC[C@]2(C)C(=O)CC[C@@H]12. The molecule has 6 rings (SSSR count). The van der Waals surface area contributed by atoms with Gasteiger partial charge in [-0.3, -0.25) is 4.79 Å². The van der Waals surface area contributed by atoms with Crippen LogP contribution in [-0.2, 0) is 14.3 Å². The maximum absolute atomic E-state index is 12.7. The molecule has 4 aliphatic carbocycles. The van der Waals surface area contributed by atoms with Crippen molar-refractivity contribution in [3.05, 3.63) is 11.6 Å². The summed E-state index contributed by atoms with van der Waals surface area (Å²) in [5, 5.41) is 0. The van der Waals surface area contributed by atoms with E-state index in [0.717, 1.165) is 50.5 Å². The van der Waals surface area contributed by atoms with Crippen LogP contribution < -0.4 is 0 Å². The van der Waals surface area contributed by atoms with Crippen LogP contribution in [0.15, 0.2) is 11.6 Å². The fourth-order valence-corrected chi connectivity index (χ4v) is 11.7. The number of ether oxygens (including phenoxy) is 2. The van der Waals surface area contributed by atoms with E-state index in [1.165, 1.54) is 43.6 Å². The highest BCUT2D eigenvalue weighted by molar-refractivity contribution is 8.21. The number of rotatable bonds is 2. The summed E-state index contributed by atoms with van der Waals surface area (Å²) in [6, 6.07) is 0. The standard InChI is InChI=1S/C26H38O3S2/c1-24-11-10-18-19(21(24)8-9-22(24)27)7-6-17-15-26(30-13-14-31-26)25(2,16-20(17)18)29-23-5-3-4-12-28-23/h15,18-21,23H,3-14,16H2,1-2H3/t18-,19+,20-,21-,23?,24-,25?/m0/s1. The lowest BCUT2D eigenvalue weighted by Crippen LogP contribution is -2.56. The van der Waals surface area contributed by atoms with Crippen LogP contribution in [0.3, 0.4) is 0 Å². The fraction of sp³-hybridized carbons (Fsp3) is 0.885. The van der Waals surface area contributed by atoms with Gasteiger partial charge >= 0.3 is 0 Å². The van der Waals surface area contributed by atoms with Gasteiger partial charge in [0.2, 0.25) is 0 Å². The van der Waals surface area contributed by atoms with E-state index in [4.69, 9.17) is 9.47 Å². The fourth-order valence-electron chi connectivity index (χ4n) is 8.26. The average molecular weight is 463 g/mol. The summed E-state index contributed by atoms with van der Waals surface area (Å²) in [5.74, 6) is 5.74. The minimum atomic E-state index is -0.177. The molecule has 6 aliphatic rings. The predicted molar refractivity (Wildman–Crippen MR) is 128 cm³/mol. The van der Waals surface area contributed by atoms with E-state index in [1.54, 1.807) is 5.57 Å². The van der Waals surface area contributed by atoms with Gasteiger partial charge in [0.25, 0.3) is 0 Å². The molecule has 0 bridgehead atoms. The minimum Gasteiger partial charge on any atom is -0.353 e. The molecule has 0 aromatic heterocycles. The van der Waals surface area contributed by atoms with Gasteiger partial charge in [-0.1, -0.05) is 18.6 Å². The molecule has 0 aromatic rings. The number of allylic oxidation sites excluding steroid dienone is 1. The predicted octanol–water partition coefficient (Wildman–Crippen LogP) is 6.22. The van der Waals surface area contributed by atoms with Gasteiger partial charge in [-0.05, 0) is 88.4 Å². The molecule has 5 fully saturated rings. The van der Waals surface area contributed by atoms with Crippen LogP contribution in [0, 0.1) is 29.1 Å². The van der Waals surface area contributed by atoms with Crippen molar-refractivity contribution in [1.29, 1.82) is 0 Å². The first-order valence-corrected chi connectivity index (χ1v) is 14.7. The number of carbonyl (C=O) groups excluding carboxylic acids is 1. The van der Waals surface area contributed by atoms with Gasteiger partial charge in [-0.25, -0.2) is 0 Å². The highest BCUT2D eigenvalue weighted by atomic mass is 32.2. The number of thioether (sulfide) groups is 2. The minimum absolute atomic E-state index is 0.0226. The molecular weight excluding hydrogens is 424 g/mol. The summed E-state index contributed by atoms with van der Waals surface area (Å²) in [7, 11) is 0. The molecule has 31 heavy (non-hydrogen) atoms. The number of hydrogen-bond donors (Lipinski definition) is 0. The summed E-state index contributed by atoms with van der Waals surface area (Å²) < 4.78 is 13.1. The lowest BCUT2D eigenvalue weighted by molar-refractivity contribution is -0.228. The van der Waals surface area contributed by atoms with Crippen molar-refractivity contribution in [2.45, 2.75) is 94.0 Å². The molecule has 172 valence electrons.